The zero-order valence-electron chi connectivity index (χ0n) is 13.4. The third-order valence-electron chi connectivity index (χ3n) is 3.37. The van der Waals surface area contributed by atoms with Crippen molar-refractivity contribution >= 4 is 17.6 Å². The summed E-state index contributed by atoms with van der Waals surface area (Å²) in [5, 5.41) is 13.5. The third kappa shape index (κ3) is 4.25. The highest BCUT2D eigenvalue weighted by Crippen LogP contribution is 2.11. The lowest BCUT2D eigenvalue weighted by molar-refractivity contribution is -0.119. The van der Waals surface area contributed by atoms with E-state index in [2.05, 4.69) is 20.8 Å². The van der Waals surface area contributed by atoms with Crippen LogP contribution < -0.4 is 5.32 Å². The molecule has 8 nitrogen and oxygen atoms in total. The summed E-state index contributed by atoms with van der Waals surface area (Å²) >= 11 is 0. The first-order valence-electron chi connectivity index (χ1n) is 7.49. The molecule has 126 valence electrons. The van der Waals surface area contributed by atoms with Crippen LogP contribution in [0.25, 0.3) is 5.69 Å². The largest absolute Gasteiger partial charge is 0.452 e. The van der Waals surface area contributed by atoms with E-state index in [9.17, 15) is 9.59 Å². The van der Waals surface area contributed by atoms with Gasteiger partial charge in [0.05, 0.1) is 11.3 Å². The Balaban J connectivity index is 1.58. The Hall–Kier alpha value is -3.55. The quantitative estimate of drug-likeness (QED) is 0.712. The molecule has 1 aromatic heterocycles. The van der Waals surface area contributed by atoms with Crippen LogP contribution in [0.4, 0.5) is 5.69 Å². The number of nitrogens with one attached hydrogen (secondary N) is 1. The number of amides is 1. The first-order valence-corrected chi connectivity index (χ1v) is 7.49. The summed E-state index contributed by atoms with van der Waals surface area (Å²) in [4.78, 5) is 24.0. The van der Waals surface area contributed by atoms with Gasteiger partial charge in [0.2, 0.25) is 0 Å². The molecule has 0 aliphatic heterocycles. The van der Waals surface area contributed by atoms with Crippen molar-refractivity contribution in [1.82, 2.24) is 20.2 Å². The van der Waals surface area contributed by atoms with Crippen molar-refractivity contribution in [2.75, 3.05) is 11.9 Å². The van der Waals surface area contributed by atoms with Crippen LogP contribution in [0.3, 0.4) is 0 Å². The molecule has 0 radical (unpaired) electrons. The molecule has 8 heteroatoms. The van der Waals surface area contributed by atoms with Gasteiger partial charge in [0.1, 0.15) is 6.33 Å². The lowest BCUT2D eigenvalue weighted by Crippen LogP contribution is -2.21. The van der Waals surface area contributed by atoms with Crippen LogP contribution in [0, 0.1) is 6.92 Å². The number of carbonyl (C=O) groups is 2. The molecule has 0 aliphatic carbocycles. The lowest BCUT2D eigenvalue weighted by atomic mass is 10.2. The van der Waals surface area contributed by atoms with Gasteiger partial charge < -0.3 is 10.1 Å². The normalized spacial score (nSPS) is 10.3. The molecule has 3 rings (SSSR count). The number of rotatable bonds is 5. The molecule has 2 aromatic carbocycles. The Morgan fingerprint density at radius 1 is 1.16 bits per heavy atom. The molecule has 0 atom stereocenters. The van der Waals surface area contributed by atoms with E-state index in [0.29, 0.717) is 16.9 Å². The van der Waals surface area contributed by atoms with E-state index in [1.165, 1.54) is 11.0 Å². The predicted molar refractivity (Wildman–Crippen MR) is 89.2 cm³/mol. The summed E-state index contributed by atoms with van der Waals surface area (Å²) in [5.41, 5.74) is 2.65. The molecular formula is C17H15N5O3. The second kappa shape index (κ2) is 7.35. The van der Waals surface area contributed by atoms with Crippen LogP contribution in [0.5, 0.6) is 0 Å². The molecule has 1 heterocycles. The van der Waals surface area contributed by atoms with Gasteiger partial charge in [-0.15, -0.1) is 5.10 Å². The zero-order chi connectivity index (χ0) is 17.6. The molecule has 0 spiro atoms. The molecule has 25 heavy (non-hydrogen) atoms. The second-order valence-electron chi connectivity index (χ2n) is 5.30. The van der Waals surface area contributed by atoms with Crippen molar-refractivity contribution in [1.29, 1.82) is 0 Å². The number of carbonyl (C=O) groups excluding carboxylic acids is 2. The van der Waals surface area contributed by atoms with Crippen molar-refractivity contribution in [2.45, 2.75) is 6.92 Å². The molecule has 1 amide bonds. The maximum absolute atomic E-state index is 12.1. The van der Waals surface area contributed by atoms with Gasteiger partial charge in [0.25, 0.3) is 5.91 Å². The van der Waals surface area contributed by atoms with Crippen LogP contribution in [-0.2, 0) is 9.53 Å². The fourth-order valence-corrected chi connectivity index (χ4v) is 2.10. The fraction of sp³-hybridized carbons (Fsp3) is 0.118. The summed E-state index contributed by atoms with van der Waals surface area (Å²) in [6.45, 7) is 1.58. The SMILES string of the molecule is Cc1ccc(NC(=O)COC(=O)c2cccc(-n3cnnn3)c2)cc1. The van der Waals surface area contributed by atoms with Crippen molar-refractivity contribution < 1.29 is 14.3 Å². The minimum atomic E-state index is -0.603. The minimum Gasteiger partial charge on any atom is -0.452 e. The Morgan fingerprint density at radius 2 is 1.96 bits per heavy atom. The molecule has 0 bridgehead atoms. The first kappa shape index (κ1) is 16.3. The van der Waals surface area contributed by atoms with E-state index < -0.39 is 11.9 Å². The Bertz CT molecular complexity index is 876. The van der Waals surface area contributed by atoms with Crippen molar-refractivity contribution in [3.63, 3.8) is 0 Å². The van der Waals surface area contributed by atoms with E-state index in [4.69, 9.17) is 4.74 Å². The third-order valence-corrected chi connectivity index (χ3v) is 3.37. The van der Waals surface area contributed by atoms with Gasteiger partial charge in [-0.1, -0.05) is 23.8 Å². The summed E-state index contributed by atoms with van der Waals surface area (Å²) in [5.74, 6) is -1.01. The van der Waals surface area contributed by atoms with Gasteiger partial charge in [-0.25, -0.2) is 9.48 Å². The number of ether oxygens (including phenoxy) is 1. The summed E-state index contributed by atoms with van der Waals surface area (Å²) in [6, 6.07) is 13.9. The number of esters is 1. The highest BCUT2D eigenvalue weighted by Gasteiger charge is 2.11. The average molecular weight is 337 g/mol. The van der Waals surface area contributed by atoms with Crippen LogP contribution in [0.1, 0.15) is 15.9 Å². The van der Waals surface area contributed by atoms with Gasteiger partial charge in [-0.05, 0) is 47.7 Å². The number of nitrogens with zero attached hydrogens (tertiary/aromatic N) is 4. The number of aromatic nitrogens is 4. The van der Waals surface area contributed by atoms with Gasteiger partial charge in [0, 0.05) is 5.69 Å². The maximum Gasteiger partial charge on any atom is 0.338 e. The van der Waals surface area contributed by atoms with Crippen LogP contribution in [0.2, 0.25) is 0 Å². The number of anilines is 1. The standard InChI is InChI=1S/C17H15N5O3/c1-12-5-7-14(8-6-12)19-16(23)10-25-17(24)13-3-2-4-15(9-13)22-11-18-20-21-22/h2-9,11H,10H2,1H3,(H,19,23). The summed E-state index contributed by atoms with van der Waals surface area (Å²) in [7, 11) is 0. The smallest absolute Gasteiger partial charge is 0.338 e. The molecule has 0 saturated carbocycles. The molecule has 0 unspecified atom stereocenters. The van der Waals surface area contributed by atoms with Crippen molar-refractivity contribution in [2.24, 2.45) is 0 Å². The predicted octanol–water partition coefficient (Wildman–Crippen LogP) is 1.77. The molecule has 0 saturated heterocycles. The van der Waals surface area contributed by atoms with E-state index in [1.54, 1.807) is 36.4 Å². The first-order chi connectivity index (χ1) is 12.1. The van der Waals surface area contributed by atoms with Gasteiger partial charge >= 0.3 is 5.97 Å². The van der Waals surface area contributed by atoms with Crippen LogP contribution in [-0.4, -0.2) is 38.7 Å². The van der Waals surface area contributed by atoms with Crippen molar-refractivity contribution in [3.05, 3.63) is 66.0 Å². The highest BCUT2D eigenvalue weighted by atomic mass is 16.5. The fourth-order valence-electron chi connectivity index (χ4n) is 2.10. The molecule has 0 aliphatic rings. The lowest BCUT2D eigenvalue weighted by Gasteiger charge is -2.07. The Labute approximate surface area is 143 Å². The second-order valence-corrected chi connectivity index (χ2v) is 5.30. The Kier molecular flexibility index (Phi) is 4.79. The topological polar surface area (TPSA) is 99.0 Å². The Morgan fingerprint density at radius 3 is 2.68 bits per heavy atom. The van der Waals surface area contributed by atoms with E-state index in [1.807, 2.05) is 19.1 Å². The molecular weight excluding hydrogens is 322 g/mol. The van der Waals surface area contributed by atoms with Crippen LogP contribution >= 0.6 is 0 Å². The van der Waals surface area contributed by atoms with Gasteiger partial charge in [-0.2, -0.15) is 0 Å². The number of hydrogen-bond acceptors (Lipinski definition) is 6. The summed E-state index contributed by atoms with van der Waals surface area (Å²) < 4.78 is 6.46. The van der Waals surface area contributed by atoms with Gasteiger partial charge in [0.15, 0.2) is 6.61 Å². The minimum absolute atomic E-state index is 0.302. The number of hydrogen-bond donors (Lipinski definition) is 1. The van der Waals surface area contributed by atoms with Crippen molar-refractivity contribution in [3.8, 4) is 5.69 Å². The molecule has 3 aromatic rings. The number of benzene rings is 2. The summed E-state index contributed by atoms with van der Waals surface area (Å²) in [6.07, 6.45) is 1.42. The van der Waals surface area contributed by atoms with E-state index in [0.717, 1.165) is 5.56 Å². The van der Waals surface area contributed by atoms with E-state index >= 15 is 0 Å². The van der Waals surface area contributed by atoms with E-state index in [-0.39, 0.29) is 6.61 Å². The molecule has 1 N–H and O–H groups in total. The average Bonchev–Trinajstić information content (AvgIpc) is 3.16. The van der Waals surface area contributed by atoms with Gasteiger partial charge in [-0.3, -0.25) is 4.79 Å². The maximum atomic E-state index is 12.1. The highest BCUT2D eigenvalue weighted by molar-refractivity contribution is 5.95. The van der Waals surface area contributed by atoms with Crippen LogP contribution in [0.15, 0.2) is 54.9 Å². The number of aryl methyl sites for hydroxylation is 1. The monoisotopic (exact) mass is 337 g/mol. The number of tetrazole rings is 1. The zero-order valence-corrected chi connectivity index (χ0v) is 13.4. The molecule has 0 fully saturated rings.